The van der Waals surface area contributed by atoms with Gasteiger partial charge in [0.05, 0.1) is 10.7 Å². The van der Waals surface area contributed by atoms with E-state index in [-0.39, 0.29) is 0 Å². The fourth-order valence-electron chi connectivity index (χ4n) is 2.68. The first-order chi connectivity index (χ1) is 12.0. The second-order valence-electron chi connectivity index (χ2n) is 5.60. The molecule has 0 spiro atoms. The van der Waals surface area contributed by atoms with Gasteiger partial charge in [0.2, 0.25) is 0 Å². The van der Waals surface area contributed by atoms with Crippen molar-refractivity contribution in [1.29, 1.82) is 0 Å². The third kappa shape index (κ3) is 3.96. The van der Waals surface area contributed by atoms with Crippen molar-refractivity contribution < 1.29 is 13.6 Å². The molecule has 1 fully saturated rings. The van der Waals surface area contributed by atoms with Crippen molar-refractivity contribution in [1.82, 2.24) is 4.90 Å². The van der Waals surface area contributed by atoms with Crippen LogP contribution in [0.4, 0.5) is 25.0 Å². The van der Waals surface area contributed by atoms with Crippen LogP contribution >= 0.6 is 23.2 Å². The summed E-state index contributed by atoms with van der Waals surface area (Å²) < 4.78 is 27.3. The van der Waals surface area contributed by atoms with Crippen molar-refractivity contribution in [2.45, 2.75) is 0 Å². The monoisotopic (exact) mass is 385 g/mol. The Bertz CT molecular complexity index is 775. The Morgan fingerprint density at radius 1 is 1.00 bits per heavy atom. The second-order valence-corrected chi connectivity index (χ2v) is 6.44. The van der Waals surface area contributed by atoms with E-state index in [1.165, 1.54) is 11.0 Å². The molecule has 3 rings (SSSR count). The highest BCUT2D eigenvalue weighted by atomic mass is 35.5. The number of carbonyl (C=O) groups is 1. The Morgan fingerprint density at radius 2 is 1.64 bits per heavy atom. The third-order valence-corrected chi connectivity index (χ3v) is 4.57. The lowest BCUT2D eigenvalue weighted by molar-refractivity contribution is 0.208. The highest BCUT2D eigenvalue weighted by molar-refractivity contribution is 6.35. The van der Waals surface area contributed by atoms with Crippen LogP contribution in [0.1, 0.15) is 0 Å². The Morgan fingerprint density at radius 3 is 2.28 bits per heavy atom. The maximum absolute atomic E-state index is 13.6. The zero-order chi connectivity index (χ0) is 18.0. The van der Waals surface area contributed by atoms with E-state index in [0.717, 1.165) is 17.8 Å². The summed E-state index contributed by atoms with van der Waals surface area (Å²) in [7, 11) is 0. The number of hydrogen-bond donors (Lipinski definition) is 1. The number of hydrogen-bond acceptors (Lipinski definition) is 2. The highest BCUT2D eigenvalue weighted by Gasteiger charge is 2.24. The number of nitrogens with zero attached hydrogens (tertiary/aromatic N) is 2. The van der Waals surface area contributed by atoms with Crippen LogP contribution in [0.15, 0.2) is 36.4 Å². The van der Waals surface area contributed by atoms with E-state index in [0.29, 0.717) is 36.2 Å². The molecule has 1 aliphatic heterocycles. The van der Waals surface area contributed by atoms with Crippen LogP contribution in [-0.2, 0) is 0 Å². The molecule has 0 atom stereocenters. The zero-order valence-corrected chi connectivity index (χ0v) is 14.6. The van der Waals surface area contributed by atoms with Gasteiger partial charge in [-0.3, -0.25) is 0 Å². The standard InChI is InChI=1S/C17H15Cl2F2N3O/c18-11-4-5-12(19)15(10-11)23-6-8-24(9-7-23)17(25)22-16-13(20)2-1-3-14(16)21/h1-5,10H,6-9H2,(H,22,25). The number of urea groups is 1. The number of carbonyl (C=O) groups excluding carboxylic acids is 1. The van der Waals surface area contributed by atoms with Crippen LogP contribution in [0.5, 0.6) is 0 Å². The van der Waals surface area contributed by atoms with E-state index >= 15 is 0 Å². The first-order valence-corrected chi connectivity index (χ1v) is 8.41. The molecule has 2 aromatic carbocycles. The van der Waals surface area contributed by atoms with Gasteiger partial charge >= 0.3 is 6.03 Å². The molecule has 0 saturated carbocycles. The number of amides is 2. The van der Waals surface area contributed by atoms with Gasteiger partial charge in [-0.15, -0.1) is 0 Å². The van der Waals surface area contributed by atoms with Gasteiger partial charge in [-0.2, -0.15) is 0 Å². The Balaban J connectivity index is 1.64. The Kier molecular flexibility index (Phi) is 5.30. The average Bonchev–Trinajstić information content (AvgIpc) is 2.60. The van der Waals surface area contributed by atoms with Crippen molar-refractivity contribution in [3.8, 4) is 0 Å². The molecule has 132 valence electrons. The van der Waals surface area contributed by atoms with Crippen LogP contribution in [0.3, 0.4) is 0 Å². The van der Waals surface area contributed by atoms with Crippen LogP contribution in [0.2, 0.25) is 10.0 Å². The molecule has 1 N–H and O–H groups in total. The molecular formula is C17H15Cl2F2N3O. The van der Waals surface area contributed by atoms with E-state index < -0.39 is 23.4 Å². The van der Waals surface area contributed by atoms with Gasteiger partial charge in [0.1, 0.15) is 17.3 Å². The van der Waals surface area contributed by atoms with Gasteiger partial charge in [0, 0.05) is 31.2 Å². The fraction of sp³-hybridized carbons (Fsp3) is 0.235. The Labute approximate surface area is 153 Å². The first kappa shape index (κ1) is 17.8. The SMILES string of the molecule is O=C(Nc1c(F)cccc1F)N1CCN(c2cc(Cl)ccc2Cl)CC1. The molecule has 2 aromatic rings. The molecule has 8 heteroatoms. The van der Waals surface area contributed by atoms with Gasteiger partial charge in [-0.25, -0.2) is 13.6 Å². The van der Waals surface area contributed by atoms with Crippen LogP contribution in [0, 0.1) is 11.6 Å². The highest BCUT2D eigenvalue weighted by Crippen LogP contribution is 2.29. The summed E-state index contributed by atoms with van der Waals surface area (Å²) in [6.07, 6.45) is 0. The van der Waals surface area contributed by atoms with E-state index in [1.807, 2.05) is 4.90 Å². The summed E-state index contributed by atoms with van der Waals surface area (Å²) in [5.41, 5.74) is 0.363. The van der Waals surface area contributed by atoms with Gasteiger partial charge in [0.15, 0.2) is 0 Å². The number of halogens is 4. The van der Waals surface area contributed by atoms with Crippen molar-refractivity contribution in [3.05, 3.63) is 58.1 Å². The first-order valence-electron chi connectivity index (χ1n) is 7.65. The summed E-state index contributed by atoms with van der Waals surface area (Å²) >= 11 is 12.2. The predicted octanol–water partition coefficient (Wildman–Crippen LogP) is 4.63. The predicted molar refractivity (Wildman–Crippen MR) is 95.6 cm³/mol. The minimum Gasteiger partial charge on any atom is -0.367 e. The molecule has 0 bridgehead atoms. The zero-order valence-electron chi connectivity index (χ0n) is 13.1. The Hall–Kier alpha value is -2.05. The lowest BCUT2D eigenvalue weighted by Gasteiger charge is -2.36. The molecule has 2 amide bonds. The molecule has 0 aromatic heterocycles. The van der Waals surface area contributed by atoms with Crippen molar-refractivity contribution in [3.63, 3.8) is 0 Å². The number of benzene rings is 2. The van der Waals surface area contributed by atoms with Gasteiger partial charge in [0.25, 0.3) is 0 Å². The summed E-state index contributed by atoms with van der Waals surface area (Å²) in [6, 6.07) is 8.10. The summed E-state index contributed by atoms with van der Waals surface area (Å²) in [6.45, 7) is 1.86. The lowest BCUT2D eigenvalue weighted by Crippen LogP contribution is -2.50. The molecule has 4 nitrogen and oxygen atoms in total. The number of nitrogens with one attached hydrogen (secondary N) is 1. The maximum atomic E-state index is 13.6. The molecular weight excluding hydrogens is 371 g/mol. The number of piperazine rings is 1. The van der Waals surface area contributed by atoms with Crippen molar-refractivity contribution in [2.75, 3.05) is 36.4 Å². The number of anilines is 2. The summed E-state index contributed by atoms with van der Waals surface area (Å²) in [5.74, 6) is -1.62. The largest absolute Gasteiger partial charge is 0.367 e. The average molecular weight is 386 g/mol. The molecule has 1 heterocycles. The topological polar surface area (TPSA) is 35.6 Å². The van der Waals surface area contributed by atoms with Crippen molar-refractivity contribution in [2.24, 2.45) is 0 Å². The van der Waals surface area contributed by atoms with Crippen LogP contribution < -0.4 is 10.2 Å². The van der Waals surface area contributed by atoms with Gasteiger partial charge in [-0.1, -0.05) is 29.3 Å². The van der Waals surface area contributed by atoms with E-state index in [1.54, 1.807) is 18.2 Å². The van der Waals surface area contributed by atoms with Gasteiger partial charge < -0.3 is 15.1 Å². The smallest absolute Gasteiger partial charge is 0.322 e. The lowest BCUT2D eigenvalue weighted by atomic mass is 10.2. The van der Waals surface area contributed by atoms with Crippen LogP contribution in [-0.4, -0.2) is 37.1 Å². The number of para-hydroxylation sites is 1. The van der Waals surface area contributed by atoms with Crippen LogP contribution in [0.25, 0.3) is 0 Å². The van der Waals surface area contributed by atoms with E-state index in [4.69, 9.17) is 23.2 Å². The normalized spacial score (nSPS) is 14.6. The minimum absolute atomic E-state index is 0.394. The molecule has 1 aliphatic rings. The fourth-order valence-corrected chi connectivity index (χ4v) is 3.09. The second kappa shape index (κ2) is 7.45. The summed E-state index contributed by atoms with van der Waals surface area (Å²) in [5, 5.41) is 3.45. The quantitative estimate of drug-likeness (QED) is 0.817. The van der Waals surface area contributed by atoms with E-state index in [2.05, 4.69) is 5.32 Å². The molecule has 0 radical (unpaired) electrons. The molecule has 1 saturated heterocycles. The van der Waals surface area contributed by atoms with E-state index in [9.17, 15) is 13.6 Å². The molecule has 0 aliphatic carbocycles. The third-order valence-electron chi connectivity index (χ3n) is 4.01. The van der Waals surface area contributed by atoms with Crippen molar-refractivity contribution >= 4 is 40.6 Å². The maximum Gasteiger partial charge on any atom is 0.322 e. The van der Waals surface area contributed by atoms with Gasteiger partial charge in [-0.05, 0) is 30.3 Å². The molecule has 0 unspecified atom stereocenters. The molecule has 25 heavy (non-hydrogen) atoms. The minimum atomic E-state index is -0.808. The summed E-state index contributed by atoms with van der Waals surface area (Å²) in [4.78, 5) is 15.8. The number of rotatable bonds is 2.